The molecular weight excluding hydrogens is 285 g/mol. The zero-order valence-corrected chi connectivity index (χ0v) is 13.0. The van der Waals surface area contributed by atoms with Crippen LogP contribution in [0.1, 0.15) is 29.8 Å². The van der Waals surface area contributed by atoms with Crippen molar-refractivity contribution in [1.29, 1.82) is 0 Å². The standard InChI is InChI=1S/C15H20FN5O/c1-4-17-15(19-9-14-20-11(3)21-22-14)18-8-12-6-5-10(2)13(16)7-12/h5-7H,4,8-9H2,1-3H3,(H2,17,18,19). The van der Waals surface area contributed by atoms with Crippen LogP contribution in [0, 0.1) is 19.7 Å². The van der Waals surface area contributed by atoms with Crippen LogP contribution in [0.3, 0.4) is 0 Å². The third-order valence-electron chi connectivity index (χ3n) is 2.98. The van der Waals surface area contributed by atoms with Crippen molar-refractivity contribution in [3.05, 3.63) is 46.9 Å². The summed E-state index contributed by atoms with van der Waals surface area (Å²) in [7, 11) is 0. The molecule has 0 radical (unpaired) electrons. The highest BCUT2D eigenvalue weighted by atomic mass is 19.1. The van der Waals surface area contributed by atoms with Gasteiger partial charge in [-0.15, -0.1) is 0 Å². The third kappa shape index (κ3) is 4.54. The number of hydrogen-bond donors (Lipinski definition) is 2. The van der Waals surface area contributed by atoms with Gasteiger partial charge in [-0.2, -0.15) is 4.98 Å². The highest BCUT2D eigenvalue weighted by Gasteiger charge is 2.04. The Morgan fingerprint density at radius 2 is 2.14 bits per heavy atom. The SMILES string of the molecule is CCNC(=NCc1ccc(C)c(F)c1)NCc1nc(C)no1. The fourth-order valence-corrected chi connectivity index (χ4v) is 1.82. The second-order valence-electron chi connectivity index (χ2n) is 4.87. The van der Waals surface area contributed by atoms with Gasteiger partial charge in [-0.3, -0.25) is 0 Å². The molecule has 0 bridgehead atoms. The first kappa shape index (κ1) is 15.9. The largest absolute Gasteiger partial charge is 0.357 e. The smallest absolute Gasteiger partial charge is 0.246 e. The van der Waals surface area contributed by atoms with E-state index < -0.39 is 0 Å². The molecule has 0 saturated carbocycles. The first-order valence-electron chi connectivity index (χ1n) is 7.15. The Labute approximate surface area is 128 Å². The number of hydrogen-bond acceptors (Lipinski definition) is 4. The number of rotatable bonds is 5. The molecule has 0 aliphatic carbocycles. The average Bonchev–Trinajstić information content (AvgIpc) is 2.91. The lowest BCUT2D eigenvalue weighted by Crippen LogP contribution is -2.36. The number of nitrogens with one attached hydrogen (secondary N) is 2. The fraction of sp³-hybridized carbons (Fsp3) is 0.400. The van der Waals surface area contributed by atoms with E-state index in [1.165, 1.54) is 6.07 Å². The molecule has 0 unspecified atom stereocenters. The van der Waals surface area contributed by atoms with Crippen molar-refractivity contribution in [3.63, 3.8) is 0 Å². The van der Waals surface area contributed by atoms with Crippen LogP contribution in [-0.2, 0) is 13.1 Å². The lowest BCUT2D eigenvalue weighted by molar-refractivity contribution is 0.371. The predicted octanol–water partition coefficient (Wildman–Crippen LogP) is 2.08. The highest BCUT2D eigenvalue weighted by Crippen LogP contribution is 2.10. The van der Waals surface area contributed by atoms with Crippen LogP contribution >= 0.6 is 0 Å². The Morgan fingerprint density at radius 1 is 1.32 bits per heavy atom. The first-order valence-corrected chi connectivity index (χ1v) is 7.15. The van der Waals surface area contributed by atoms with Crippen molar-refractivity contribution in [2.24, 2.45) is 4.99 Å². The molecule has 6 nitrogen and oxygen atoms in total. The topological polar surface area (TPSA) is 75.3 Å². The van der Waals surface area contributed by atoms with Crippen molar-refractivity contribution in [3.8, 4) is 0 Å². The van der Waals surface area contributed by atoms with Gasteiger partial charge in [-0.25, -0.2) is 9.38 Å². The first-order chi connectivity index (χ1) is 10.6. The van der Waals surface area contributed by atoms with Gasteiger partial charge in [0.2, 0.25) is 5.89 Å². The van der Waals surface area contributed by atoms with Crippen LogP contribution in [0.5, 0.6) is 0 Å². The van der Waals surface area contributed by atoms with E-state index in [1.807, 2.05) is 13.0 Å². The molecule has 7 heteroatoms. The van der Waals surface area contributed by atoms with Crippen LogP contribution < -0.4 is 10.6 Å². The van der Waals surface area contributed by atoms with E-state index >= 15 is 0 Å². The molecule has 1 heterocycles. The number of guanidine groups is 1. The molecular formula is C15H20FN5O. The third-order valence-corrected chi connectivity index (χ3v) is 2.98. The summed E-state index contributed by atoms with van der Waals surface area (Å²) in [6, 6.07) is 5.12. The summed E-state index contributed by atoms with van der Waals surface area (Å²) in [5.41, 5.74) is 1.44. The molecule has 0 fully saturated rings. The van der Waals surface area contributed by atoms with Crippen LogP contribution in [0.4, 0.5) is 4.39 Å². The van der Waals surface area contributed by atoms with E-state index in [-0.39, 0.29) is 5.82 Å². The molecule has 0 aliphatic rings. The zero-order valence-electron chi connectivity index (χ0n) is 13.0. The minimum Gasteiger partial charge on any atom is -0.357 e. The monoisotopic (exact) mass is 305 g/mol. The molecule has 0 saturated heterocycles. The van der Waals surface area contributed by atoms with E-state index in [0.29, 0.717) is 36.3 Å². The molecule has 1 aromatic heterocycles. The normalized spacial score (nSPS) is 11.5. The summed E-state index contributed by atoms with van der Waals surface area (Å²) in [5, 5.41) is 9.93. The minimum atomic E-state index is -0.216. The van der Waals surface area contributed by atoms with Crippen molar-refractivity contribution >= 4 is 5.96 Å². The molecule has 2 N–H and O–H groups in total. The van der Waals surface area contributed by atoms with E-state index in [1.54, 1.807) is 19.9 Å². The molecule has 0 spiro atoms. The van der Waals surface area contributed by atoms with Crippen molar-refractivity contribution in [2.45, 2.75) is 33.9 Å². The Kier molecular flexibility index (Phi) is 5.46. The quantitative estimate of drug-likeness (QED) is 0.653. The van der Waals surface area contributed by atoms with Gasteiger partial charge in [0.1, 0.15) is 5.82 Å². The summed E-state index contributed by atoms with van der Waals surface area (Å²) < 4.78 is 18.5. The molecule has 0 amide bonds. The molecule has 0 atom stereocenters. The molecule has 2 aromatic rings. The Balaban J connectivity index is 1.98. The predicted molar refractivity (Wildman–Crippen MR) is 81.8 cm³/mol. The zero-order chi connectivity index (χ0) is 15.9. The van der Waals surface area contributed by atoms with Gasteiger partial charge < -0.3 is 15.2 Å². The van der Waals surface area contributed by atoms with E-state index in [9.17, 15) is 4.39 Å². The Hall–Kier alpha value is -2.44. The van der Waals surface area contributed by atoms with Crippen LogP contribution in [-0.4, -0.2) is 22.6 Å². The van der Waals surface area contributed by atoms with Gasteiger partial charge in [0, 0.05) is 6.54 Å². The van der Waals surface area contributed by atoms with Crippen LogP contribution in [0.2, 0.25) is 0 Å². The number of nitrogens with zero attached hydrogens (tertiary/aromatic N) is 3. The van der Waals surface area contributed by atoms with E-state index in [4.69, 9.17) is 4.52 Å². The van der Waals surface area contributed by atoms with Crippen molar-refractivity contribution in [2.75, 3.05) is 6.54 Å². The van der Waals surface area contributed by atoms with Crippen molar-refractivity contribution < 1.29 is 8.91 Å². The van der Waals surface area contributed by atoms with Gasteiger partial charge in [-0.05, 0) is 38.0 Å². The maximum Gasteiger partial charge on any atom is 0.246 e. The van der Waals surface area contributed by atoms with Crippen molar-refractivity contribution in [1.82, 2.24) is 20.8 Å². The minimum absolute atomic E-state index is 0.216. The number of aryl methyl sites for hydroxylation is 2. The van der Waals surface area contributed by atoms with Gasteiger partial charge in [0.15, 0.2) is 11.8 Å². The Bertz CT molecular complexity index is 653. The molecule has 1 aromatic carbocycles. The lowest BCUT2D eigenvalue weighted by Gasteiger charge is -2.09. The van der Waals surface area contributed by atoms with Gasteiger partial charge in [0.25, 0.3) is 0 Å². The average molecular weight is 305 g/mol. The van der Waals surface area contributed by atoms with Gasteiger partial charge in [-0.1, -0.05) is 17.3 Å². The number of halogens is 1. The number of aromatic nitrogens is 2. The highest BCUT2D eigenvalue weighted by molar-refractivity contribution is 5.79. The summed E-state index contributed by atoms with van der Waals surface area (Å²) in [5.74, 6) is 1.48. The molecule has 22 heavy (non-hydrogen) atoms. The molecule has 0 aliphatic heterocycles. The lowest BCUT2D eigenvalue weighted by atomic mass is 10.1. The van der Waals surface area contributed by atoms with Gasteiger partial charge in [0.05, 0.1) is 13.1 Å². The van der Waals surface area contributed by atoms with Crippen LogP contribution in [0.25, 0.3) is 0 Å². The second-order valence-corrected chi connectivity index (χ2v) is 4.87. The van der Waals surface area contributed by atoms with E-state index in [0.717, 1.165) is 12.1 Å². The maximum absolute atomic E-state index is 13.5. The van der Waals surface area contributed by atoms with Gasteiger partial charge >= 0.3 is 0 Å². The molecule has 2 rings (SSSR count). The summed E-state index contributed by atoms with van der Waals surface area (Å²) in [6.45, 7) is 6.96. The summed E-state index contributed by atoms with van der Waals surface area (Å²) in [6.07, 6.45) is 0. The van der Waals surface area contributed by atoms with E-state index in [2.05, 4.69) is 25.8 Å². The Morgan fingerprint density at radius 3 is 2.77 bits per heavy atom. The van der Waals surface area contributed by atoms with Crippen LogP contribution in [0.15, 0.2) is 27.7 Å². The fourth-order valence-electron chi connectivity index (χ4n) is 1.82. The maximum atomic E-state index is 13.5. The summed E-state index contributed by atoms with van der Waals surface area (Å²) >= 11 is 0. The second kappa shape index (κ2) is 7.53. The molecule has 118 valence electrons. The summed E-state index contributed by atoms with van der Waals surface area (Å²) in [4.78, 5) is 8.52. The number of aliphatic imine (C=N–C) groups is 1. The number of benzene rings is 1.